The number of phenols is 2. The topological polar surface area (TPSA) is 69.6 Å². The molecule has 1 aromatic rings. The van der Waals surface area contributed by atoms with Crippen molar-refractivity contribution in [3.05, 3.63) is 23.8 Å². The monoisotopic (exact) mass is 271 g/mol. The number of phenolic OH excluding ortho intramolecular Hbond substituents is 2. The Balaban J connectivity index is 2.50. The van der Waals surface area contributed by atoms with Crippen molar-refractivity contribution in [1.29, 1.82) is 0 Å². The molecule has 102 valence electrons. The fourth-order valence-electron chi connectivity index (χ4n) is 1.65. The fourth-order valence-corrected chi connectivity index (χ4v) is 2.10. The number of hydrogen-bond donors (Lipinski definition) is 3. The van der Waals surface area contributed by atoms with E-state index in [1.165, 1.54) is 6.07 Å². The molecule has 1 rings (SSSR count). The SMILES string of the molecule is CC(NCCC(C)S(C)=O)c1cc(O)cc(O)c1. The molecule has 18 heavy (non-hydrogen) atoms. The van der Waals surface area contributed by atoms with Crippen molar-refractivity contribution >= 4 is 10.8 Å². The van der Waals surface area contributed by atoms with E-state index in [2.05, 4.69) is 5.32 Å². The Hall–Kier alpha value is -1.07. The molecule has 0 aliphatic heterocycles. The molecule has 3 unspecified atom stereocenters. The lowest BCUT2D eigenvalue weighted by Gasteiger charge is -2.16. The highest BCUT2D eigenvalue weighted by atomic mass is 32.2. The summed E-state index contributed by atoms with van der Waals surface area (Å²) < 4.78 is 11.2. The van der Waals surface area contributed by atoms with Gasteiger partial charge < -0.3 is 15.5 Å². The molecule has 0 aliphatic rings. The van der Waals surface area contributed by atoms with Crippen molar-refractivity contribution < 1.29 is 14.4 Å². The highest BCUT2D eigenvalue weighted by Gasteiger charge is 2.10. The van der Waals surface area contributed by atoms with Crippen LogP contribution in [0.1, 0.15) is 31.9 Å². The second-order valence-corrected chi connectivity index (χ2v) is 6.36. The normalized spacial score (nSPS) is 16.2. The van der Waals surface area contributed by atoms with Crippen LogP contribution in [-0.2, 0) is 10.8 Å². The summed E-state index contributed by atoms with van der Waals surface area (Å²) in [6.45, 7) is 4.67. The van der Waals surface area contributed by atoms with Crippen LogP contribution in [0.15, 0.2) is 18.2 Å². The van der Waals surface area contributed by atoms with Gasteiger partial charge in [-0.25, -0.2) is 0 Å². The van der Waals surface area contributed by atoms with Crippen molar-refractivity contribution in [3.8, 4) is 11.5 Å². The van der Waals surface area contributed by atoms with Crippen molar-refractivity contribution in [2.24, 2.45) is 0 Å². The third-order valence-electron chi connectivity index (χ3n) is 2.99. The number of benzene rings is 1. The van der Waals surface area contributed by atoms with E-state index in [9.17, 15) is 14.4 Å². The predicted octanol–water partition coefficient (Wildman–Crippen LogP) is 1.91. The maximum atomic E-state index is 11.2. The Labute approximate surface area is 110 Å². The molecule has 4 nitrogen and oxygen atoms in total. The van der Waals surface area contributed by atoms with Crippen molar-refractivity contribution in [1.82, 2.24) is 5.32 Å². The summed E-state index contributed by atoms with van der Waals surface area (Å²) in [4.78, 5) is 0. The Morgan fingerprint density at radius 2 is 1.78 bits per heavy atom. The number of hydrogen-bond acceptors (Lipinski definition) is 4. The van der Waals surface area contributed by atoms with Gasteiger partial charge in [-0.2, -0.15) is 0 Å². The van der Waals surface area contributed by atoms with E-state index in [1.807, 2.05) is 13.8 Å². The van der Waals surface area contributed by atoms with E-state index in [1.54, 1.807) is 18.4 Å². The summed E-state index contributed by atoms with van der Waals surface area (Å²) >= 11 is 0. The van der Waals surface area contributed by atoms with Crippen molar-refractivity contribution in [3.63, 3.8) is 0 Å². The minimum absolute atomic E-state index is 0.0282. The minimum atomic E-state index is -0.797. The van der Waals surface area contributed by atoms with Gasteiger partial charge in [-0.15, -0.1) is 0 Å². The van der Waals surface area contributed by atoms with Gasteiger partial charge in [0.1, 0.15) is 11.5 Å². The molecule has 0 heterocycles. The zero-order valence-corrected chi connectivity index (χ0v) is 11.8. The van der Waals surface area contributed by atoms with Gasteiger partial charge in [0.15, 0.2) is 0 Å². The van der Waals surface area contributed by atoms with E-state index < -0.39 is 10.8 Å². The number of nitrogens with one attached hydrogen (secondary N) is 1. The van der Waals surface area contributed by atoms with Gasteiger partial charge in [0, 0.05) is 34.4 Å². The van der Waals surface area contributed by atoms with Crippen molar-refractivity contribution in [2.45, 2.75) is 31.6 Å². The lowest BCUT2D eigenvalue weighted by molar-refractivity contribution is 0.446. The van der Waals surface area contributed by atoms with Gasteiger partial charge in [0.05, 0.1) is 0 Å². The maximum absolute atomic E-state index is 11.2. The number of aromatic hydroxyl groups is 2. The first-order valence-corrected chi connectivity index (χ1v) is 7.60. The molecular weight excluding hydrogens is 250 g/mol. The van der Waals surface area contributed by atoms with Crippen LogP contribution < -0.4 is 5.32 Å². The van der Waals surface area contributed by atoms with Crippen LogP contribution in [0.4, 0.5) is 0 Å². The molecule has 5 heteroatoms. The molecule has 0 saturated carbocycles. The van der Waals surface area contributed by atoms with Crippen LogP contribution in [0.25, 0.3) is 0 Å². The molecule has 3 atom stereocenters. The Kier molecular flexibility index (Phi) is 5.62. The Morgan fingerprint density at radius 1 is 1.22 bits per heavy atom. The minimum Gasteiger partial charge on any atom is -0.508 e. The van der Waals surface area contributed by atoms with E-state index >= 15 is 0 Å². The Bertz CT molecular complexity index is 402. The van der Waals surface area contributed by atoms with Crippen LogP contribution >= 0.6 is 0 Å². The summed E-state index contributed by atoms with van der Waals surface area (Å²) in [5.41, 5.74) is 0.831. The molecule has 1 aromatic carbocycles. The summed E-state index contributed by atoms with van der Waals surface area (Å²) in [6, 6.07) is 4.58. The van der Waals surface area contributed by atoms with Gasteiger partial charge >= 0.3 is 0 Å². The van der Waals surface area contributed by atoms with E-state index in [4.69, 9.17) is 0 Å². The zero-order valence-electron chi connectivity index (χ0n) is 11.0. The van der Waals surface area contributed by atoms with E-state index in [0.29, 0.717) is 0 Å². The van der Waals surface area contributed by atoms with Gasteiger partial charge in [-0.05, 0) is 37.6 Å². The smallest absolute Gasteiger partial charge is 0.119 e. The molecule has 0 aromatic heterocycles. The highest BCUT2D eigenvalue weighted by molar-refractivity contribution is 7.84. The van der Waals surface area contributed by atoms with Gasteiger partial charge in [0.25, 0.3) is 0 Å². The lowest BCUT2D eigenvalue weighted by atomic mass is 10.1. The molecule has 0 radical (unpaired) electrons. The van der Waals surface area contributed by atoms with Crippen LogP contribution in [0.2, 0.25) is 0 Å². The average molecular weight is 271 g/mol. The molecule has 0 amide bonds. The summed E-state index contributed by atoms with van der Waals surface area (Å²) in [6.07, 6.45) is 2.54. The molecule has 0 aliphatic carbocycles. The van der Waals surface area contributed by atoms with Gasteiger partial charge in [-0.3, -0.25) is 4.21 Å². The van der Waals surface area contributed by atoms with E-state index in [0.717, 1.165) is 18.5 Å². The Morgan fingerprint density at radius 3 is 2.28 bits per heavy atom. The van der Waals surface area contributed by atoms with Crippen LogP contribution in [-0.4, -0.2) is 32.5 Å². The van der Waals surface area contributed by atoms with Gasteiger partial charge in [-0.1, -0.05) is 6.92 Å². The summed E-state index contributed by atoms with van der Waals surface area (Å²) in [7, 11) is -0.797. The van der Waals surface area contributed by atoms with Gasteiger partial charge in [0.2, 0.25) is 0 Å². The van der Waals surface area contributed by atoms with Crippen LogP contribution in [0.5, 0.6) is 11.5 Å². The quantitative estimate of drug-likeness (QED) is 0.739. The first-order chi connectivity index (χ1) is 8.40. The fraction of sp³-hybridized carbons (Fsp3) is 0.538. The third kappa shape index (κ3) is 4.66. The van der Waals surface area contributed by atoms with Crippen LogP contribution in [0.3, 0.4) is 0 Å². The van der Waals surface area contributed by atoms with Crippen molar-refractivity contribution in [2.75, 3.05) is 12.8 Å². The zero-order chi connectivity index (χ0) is 13.7. The standard InChI is InChI=1S/C13H21NO3S/c1-9(18(3)17)4-5-14-10(2)11-6-12(15)8-13(16)7-11/h6-10,14-16H,4-5H2,1-3H3. The molecule has 0 spiro atoms. The highest BCUT2D eigenvalue weighted by Crippen LogP contribution is 2.24. The van der Waals surface area contributed by atoms with Crippen LogP contribution in [0, 0.1) is 0 Å². The lowest BCUT2D eigenvalue weighted by Crippen LogP contribution is -2.24. The second kappa shape index (κ2) is 6.75. The largest absolute Gasteiger partial charge is 0.508 e. The maximum Gasteiger partial charge on any atom is 0.119 e. The third-order valence-corrected chi connectivity index (χ3v) is 4.36. The van der Waals surface area contributed by atoms with E-state index in [-0.39, 0.29) is 22.8 Å². The molecular formula is C13H21NO3S. The molecule has 0 fully saturated rings. The first-order valence-electron chi connectivity index (χ1n) is 5.98. The number of rotatable bonds is 6. The molecule has 0 saturated heterocycles. The predicted molar refractivity (Wildman–Crippen MR) is 74.3 cm³/mol. The summed E-state index contributed by atoms with van der Waals surface area (Å²) in [5.74, 6) is 0.114. The first kappa shape index (κ1) is 15.0. The average Bonchev–Trinajstić information content (AvgIpc) is 2.27. The second-order valence-electron chi connectivity index (χ2n) is 4.56. The molecule has 3 N–H and O–H groups in total. The molecule has 0 bridgehead atoms. The summed E-state index contributed by atoms with van der Waals surface area (Å²) in [5, 5.41) is 22.3.